The number of ether oxygens (including phenoxy) is 3. The van der Waals surface area contributed by atoms with Crippen LogP contribution in [-0.2, 0) is 9.59 Å². The first-order chi connectivity index (χ1) is 16.5. The summed E-state index contributed by atoms with van der Waals surface area (Å²) in [4.78, 5) is 24.5. The molecule has 3 rings (SSSR count). The third-order valence-corrected chi connectivity index (χ3v) is 6.23. The van der Waals surface area contributed by atoms with E-state index in [4.69, 9.17) is 14.2 Å². The molecule has 3 aromatic rings. The number of nitrogens with zero attached hydrogens (tertiary/aromatic N) is 2. The molecule has 0 spiro atoms. The maximum absolute atomic E-state index is 12.3. The Morgan fingerprint density at radius 2 is 1.82 bits per heavy atom. The van der Waals surface area contributed by atoms with Crippen molar-refractivity contribution in [3.05, 3.63) is 54.1 Å². The van der Waals surface area contributed by atoms with E-state index in [-0.39, 0.29) is 17.6 Å². The summed E-state index contributed by atoms with van der Waals surface area (Å²) >= 11 is 2.42. The quantitative estimate of drug-likeness (QED) is 0.227. The highest BCUT2D eigenvalue weighted by Gasteiger charge is 2.12. The summed E-state index contributed by atoms with van der Waals surface area (Å²) in [6.07, 6.45) is 3.04. The molecular formula is C23H24N4O5S2. The van der Waals surface area contributed by atoms with Crippen LogP contribution in [0, 0.1) is 0 Å². The summed E-state index contributed by atoms with van der Waals surface area (Å²) in [6, 6.07) is 12.6. The number of benzene rings is 2. The second-order valence-corrected chi connectivity index (χ2v) is 8.78. The van der Waals surface area contributed by atoms with E-state index in [0.29, 0.717) is 39.0 Å². The van der Waals surface area contributed by atoms with Crippen molar-refractivity contribution in [2.45, 2.75) is 11.3 Å². The number of anilines is 2. The van der Waals surface area contributed by atoms with Gasteiger partial charge in [-0.05, 0) is 42.8 Å². The van der Waals surface area contributed by atoms with Crippen LogP contribution in [0.2, 0.25) is 0 Å². The van der Waals surface area contributed by atoms with Crippen LogP contribution < -0.4 is 24.8 Å². The van der Waals surface area contributed by atoms with Gasteiger partial charge in [0.2, 0.25) is 16.9 Å². The second kappa shape index (κ2) is 12.6. The van der Waals surface area contributed by atoms with E-state index < -0.39 is 0 Å². The largest absolute Gasteiger partial charge is 0.493 e. The number of nitrogens with one attached hydrogen (secondary N) is 2. The highest BCUT2D eigenvalue weighted by molar-refractivity contribution is 8.01. The molecule has 2 amide bonds. The molecule has 2 N–H and O–H groups in total. The Bertz CT molecular complexity index is 1170. The minimum Gasteiger partial charge on any atom is -0.493 e. The maximum Gasteiger partial charge on any atom is 0.250 e. The Hall–Kier alpha value is -3.57. The van der Waals surface area contributed by atoms with Gasteiger partial charge >= 0.3 is 0 Å². The van der Waals surface area contributed by atoms with E-state index in [1.165, 1.54) is 29.2 Å². The molecule has 0 saturated heterocycles. The van der Waals surface area contributed by atoms with E-state index in [1.807, 2.05) is 25.1 Å². The first kappa shape index (κ1) is 25.1. The second-order valence-electron chi connectivity index (χ2n) is 6.58. The lowest BCUT2D eigenvalue weighted by Gasteiger charge is -2.10. The molecule has 0 aliphatic heterocycles. The van der Waals surface area contributed by atoms with Crippen molar-refractivity contribution in [3.63, 3.8) is 0 Å². The lowest BCUT2D eigenvalue weighted by Crippen LogP contribution is -2.14. The van der Waals surface area contributed by atoms with Crippen LogP contribution in [-0.4, -0.2) is 48.6 Å². The normalized spacial score (nSPS) is 10.7. The Labute approximate surface area is 205 Å². The highest BCUT2D eigenvalue weighted by Crippen LogP contribution is 2.29. The van der Waals surface area contributed by atoms with Crippen LogP contribution >= 0.6 is 23.1 Å². The third-order valence-electron chi connectivity index (χ3n) is 4.26. The van der Waals surface area contributed by atoms with Crippen LogP contribution in [0.25, 0.3) is 6.08 Å². The van der Waals surface area contributed by atoms with Crippen LogP contribution in [0.5, 0.6) is 17.2 Å². The summed E-state index contributed by atoms with van der Waals surface area (Å²) in [5.41, 5.74) is 1.39. The molecule has 178 valence electrons. The zero-order valence-corrected chi connectivity index (χ0v) is 20.5. The summed E-state index contributed by atoms with van der Waals surface area (Å²) in [6.45, 7) is 2.39. The Balaban J connectivity index is 1.50. The van der Waals surface area contributed by atoms with Crippen LogP contribution in [0.1, 0.15) is 12.5 Å². The molecule has 11 heteroatoms. The molecule has 0 atom stereocenters. The fourth-order valence-corrected chi connectivity index (χ4v) is 4.31. The van der Waals surface area contributed by atoms with Gasteiger partial charge in [-0.1, -0.05) is 41.3 Å². The fraction of sp³-hybridized carbons (Fsp3) is 0.217. The molecule has 0 saturated carbocycles. The van der Waals surface area contributed by atoms with Gasteiger partial charge in [0.25, 0.3) is 0 Å². The number of thioether (sulfide) groups is 1. The van der Waals surface area contributed by atoms with Crippen molar-refractivity contribution in [2.75, 3.05) is 37.2 Å². The Kier molecular flexibility index (Phi) is 9.30. The van der Waals surface area contributed by atoms with Crippen molar-refractivity contribution >= 4 is 51.8 Å². The monoisotopic (exact) mass is 500 g/mol. The minimum atomic E-state index is -0.354. The summed E-state index contributed by atoms with van der Waals surface area (Å²) in [5.74, 6) is 1.38. The number of hydrogen-bond donors (Lipinski definition) is 2. The molecule has 9 nitrogen and oxygen atoms in total. The van der Waals surface area contributed by atoms with Crippen molar-refractivity contribution in [1.82, 2.24) is 10.2 Å². The lowest BCUT2D eigenvalue weighted by molar-refractivity contribution is -0.114. The van der Waals surface area contributed by atoms with Gasteiger partial charge in [-0.2, -0.15) is 0 Å². The fourth-order valence-electron chi connectivity index (χ4n) is 2.76. The molecule has 0 aliphatic rings. The van der Waals surface area contributed by atoms with Gasteiger partial charge in [-0.25, -0.2) is 0 Å². The molecule has 0 aliphatic carbocycles. The van der Waals surface area contributed by atoms with Crippen LogP contribution in [0.3, 0.4) is 0 Å². The number of rotatable bonds is 11. The van der Waals surface area contributed by atoms with E-state index in [0.717, 1.165) is 5.56 Å². The SMILES string of the molecule is CCOc1ccccc1NC(=O)CSc1nnc(NC(=O)/C=C/c2ccc(OC)c(OC)c2)s1. The standard InChI is InChI=1S/C23H24N4O5S2/c1-4-32-17-8-6-5-7-16(17)24-21(29)14-33-23-27-26-22(34-23)25-20(28)12-10-15-9-11-18(30-2)19(13-15)31-3/h5-13H,4,14H2,1-3H3,(H,24,29)(H,25,26,28)/b12-10+. The van der Waals surface area contributed by atoms with E-state index >= 15 is 0 Å². The topological polar surface area (TPSA) is 112 Å². The van der Waals surface area contributed by atoms with E-state index in [2.05, 4.69) is 20.8 Å². The van der Waals surface area contributed by atoms with Crippen LogP contribution in [0.4, 0.5) is 10.8 Å². The molecule has 1 aromatic heterocycles. The summed E-state index contributed by atoms with van der Waals surface area (Å²) < 4.78 is 16.5. The molecule has 1 heterocycles. The predicted molar refractivity (Wildman–Crippen MR) is 134 cm³/mol. The molecule has 0 fully saturated rings. The van der Waals surface area contributed by atoms with Gasteiger partial charge in [0.05, 0.1) is 32.3 Å². The molecule has 2 aromatic carbocycles. The number of carbonyl (C=O) groups excluding carboxylic acids is 2. The Morgan fingerprint density at radius 1 is 1.03 bits per heavy atom. The number of para-hydroxylation sites is 2. The van der Waals surface area contributed by atoms with Crippen molar-refractivity contribution in [2.24, 2.45) is 0 Å². The third kappa shape index (κ3) is 7.22. The maximum atomic E-state index is 12.3. The summed E-state index contributed by atoms with van der Waals surface area (Å²) in [7, 11) is 3.11. The van der Waals surface area contributed by atoms with Gasteiger partial charge in [0.1, 0.15) is 5.75 Å². The number of aromatic nitrogens is 2. The number of carbonyl (C=O) groups is 2. The van der Waals surface area contributed by atoms with E-state index in [1.54, 1.807) is 44.6 Å². The van der Waals surface area contributed by atoms with Gasteiger partial charge in [0.15, 0.2) is 15.8 Å². The van der Waals surface area contributed by atoms with Crippen molar-refractivity contribution in [3.8, 4) is 17.2 Å². The molecule has 0 bridgehead atoms. The first-order valence-electron chi connectivity index (χ1n) is 10.2. The molecule has 0 unspecified atom stereocenters. The van der Waals surface area contributed by atoms with Crippen molar-refractivity contribution in [1.29, 1.82) is 0 Å². The highest BCUT2D eigenvalue weighted by atomic mass is 32.2. The van der Waals surface area contributed by atoms with Crippen molar-refractivity contribution < 1.29 is 23.8 Å². The van der Waals surface area contributed by atoms with Gasteiger partial charge < -0.3 is 19.5 Å². The number of hydrogen-bond acceptors (Lipinski definition) is 9. The average Bonchev–Trinajstić information content (AvgIpc) is 3.29. The first-order valence-corrected chi connectivity index (χ1v) is 12.0. The zero-order valence-electron chi connectivity index (χ0n) is 18.9. The summed E-state index contributed by atoms with van der Waals surface area (Å²) in [5, 5.41) is 13.8. The lowest BCUT2D eigenvalue weighted by atomic mass is 10.2. The van der Waals surface area contributed by atoms with Gasteiger partial charge in [-0.15, -0.1) is 10.2 Å². The predicted octanol–water partition coefficient (Wildman–Crippen LogP) is 4.34. The zero-order chi connectivity index (χ0) is 24.3. The Morgan fingerprint density at radius 3 is 2.59 bits per heavy atom. The van der Waals surface area contributed by atoms with E-state index in [9.17, 15) is 9.59 Å². The minimum absolute atomic E-state index is 0.141. The smallest absolute Gasteiger partial charge is 0.250 e. The average molecular weight is 501 g/mol. The van der Waals surface area contributed by atoms with Gasteiger partial charge in [0, 0.05) is 6.08 Å². The van der Waals surface area contributed by atoms with Crippen LogP contribution in [0.15, 0.2) is 52.9 Å². The molecular weight excluding hydrogens is 476 g/mol. The number of methoxy groups -OCH3 is 2. The van der Waals surface area contributed by atoms with Gasteiger partial charge in [-0.3, -0.25) is 14.9 Å². The molecule has 0 radical (unpaired) electrons. The molecule has 34 heavy (non-hydrogen) atoms. The number of amides is 2.